The molecular formula is C19H44O4Si3. The molecule has 26 heavy (non-hydrogen) atoms. The van der Waals surface area contributed by atoms with E-state index in [2.05, 4.69) is 50.6 Å². The first-order chi connectivity index (χ1) is 11.9. The van der Waals surface area contributed by atoms with Crippen LogP contribution in [0.3, 0.4) is 0 Å². The average molecular weight is 421 g/mol. The first-order valence-corrected chi connectivity index (χ1v) is 19.7. The summed E-state index contributed by atoms with van der Waals surface area (Å²) in [7, 11) is -3.73. The SMILES string of the molecule is COC(=O)CCCCCCCCCC[Si](C)(O[Si](C)(C)C)O[Si](C)(C)C. The third-order valence-electron chi connectivity index (χ3n) is 4.03. The Balaban J connectivity index is 3.94. The van der Waals surface area contributed by atoms with Gasteiger partial charge in [-0.3, -0.25) is 4.79 Å². The van der Waals surface area contributed by atoms with E-state index in [-0.39, 0.29) is 5.97 Å². The molecule has 0 rings (SSSR count). The van der Waals surface area contributed by atoms with Crippen molar-refractivity contribution in [1.82, 2.24) is 0 Å². The standard InChI is InChI=1S/C19H44O4Si3/c1-21-19(20)17-15-13-11-9-10-12-14-16-18-26(8,22-24(2,3)4)23-25(5,6)7/h9-18H2,1-8H3. The van der Waals surface area contributed by atoms with Crippen LogP contribution in [0.4, 0.5) is 0 Å². The van der Waals surface area contributed by atoms with Gasteiger partial charge in [-0.1, -0.05) is 44.9 Å². The Morgan fingerprint density at radius 3 is 1.42 bits per heavy atom. The number of rotatable bonds is 15. The number of esters is 1. The van der Waals surface area contributed by atoms with Crippen molar-refractivity contribution in [3.05, 3.63) is 0 Å². The number of ether oxygens (including phenoxy) is 1. The molecule has 0 atom stereocenters. The van der Waals surface area contributed by atoms with Crippen LogP contribution >= 0.6 is 0 Å². The zero-order valence-electron chi connectivity index (χ0n) is 18.7. The number of carbonyl (C=O) groups is 1. The van der Waals surface area contributed by atoms with Gasteiger partial charge in [0, 0.05) is 6.42 Å². The molecule has 156 valence electrons. The Bertz CT molecular complexity index is 373. The van der Waals surface area contributed by atoms with Crippen LogP contribution in [-0.2, 0) is 17.8 Å². The minimum Gasteiger partial charge on any atom is -0.469 e. The van der Waals surface area contributed by atoms with Crippen LogP contribution in [0.1, 0.15) is 57.8 Å². The van der Waals surface area contributed by atoms with Crippen molar-refractivity contribution in [3.63, 3.8) is 0 Å². The van der Waals surface area contributed by atoms with Gasteiger partial charge in [0.1, 0.15) is 0 Å². The molecule has 0 saturated carbocycles. The molecule has 0 amide bonds. The molecule has 4 nitrogen and oxygen atoms in total. The van der Waals surface area contributed by atoms with Gasteiger partial charge in [0.05, 0.1) is 7.11 Å². The van der Waals surface area contributed by atoms with E-state index in [4.69, 9.17) is 8.23 Å². The van der Waals surface area contributed by atoms with Gasteiger partial charge >= 0.3 is 14.5 Å². The fourth-order valence-corrected chi connectivity index (χ4v) is 15.9. The van der Waals surface area contributed by atoms with Crippen LogP contribution in [-0.4, -0.2) is 38.3 Å². The molecule has 0 aliphatic heterocycles. The van der Waals surface area contributed by atoms with Crippen molar-refractivity contribution in [3.8, 4) is 0 Å². The quantitative estimate of drug-likeness (QED) is 0.173. The molecule has 0 fully saturated rings. The van der Waals surface area contributed by atoms with Gasteiger partial charge in [-0.2, -0.15) is 0 Å². The second-order valence-electron chi connectivity index (χ2n) is 9.47. The summed E-state index contributed by atoms with van der Waals surface area (Å²) in [5.41, 5.74) is 0. The Labute approximate surface area is 165 Å². The minimum absolute atomic E-state index is 0.0849. The summed E-state index contributed by atoms with van der Waals surface area (Å²) >= 11 is 0. The number of methoxy groups -OCH3 is 1. The van der Waals surface area contributed by atoms with E-state index >= 15 is 0 Å². The maximum absolute atomic E-state index is 11.0. The number of hydrogen-bond donors (Lipinski definition) is 0. The smallest absolute Gasteiger partial charge is 0.314 e. The van der Waals surface area contributed by atoms with Gasteiger partial charge in [-0.15, -0.1) is 0 Å². The lowest BCUT2D eigenvalue weighted by Gasteiger charge is -2.38. The summed E-state index contributed by atoms with van der Waals surface area (Å²) in [4.78, 5) is 11.0. The topological polar surface area (TPSA) is 44.8 Å². The van der Waals surface area contributed by atoms with Crippen molar-refractivity contribution in [2.45, 2.75) is 110 Å². The lowest BCUT2D eigenvalue weighted by Crippen LogP contribution is -2.52. The van der Waals surface area contributed by atoms with Gasteiger partial charge in [-0.05, 0) is 58.3 Å². The van der Waals surface area contributed by atoms with Crippen LogP contribution in [0.5, 0.6) is 0 Å². The Hall–Kier alpha value is 0.0406. The van der Waals surface area contributed by atoms with Gasteiger partial charge in [0.2, 0.25) is 0 Å². The molecule has 0 N–H and O–H groups in total. The lowest BCUT2D eigenvalue weighted by molar-refractivity contribution is -0.140. The minimum atomic E-state index is -2.04. The zero-order chi connectivity index (χ0) is 20.3. The molecule has 0 radical (unpaired) electrons. The molecular weight excluding hydrogens is 376 g/mol. The van der Waals surface area contributed by atoms with E-state index in [9.17, 15) is 4.79 Å². The third kappa shape index (κ3) is 16.2. The van der Waals surface area contributed by atoms with E-state index in [1.165, 1.54) is 45.6 Å². The van der Waals surface area contributed by atoms with Gasteiger partial charge < -0.3 is 13.0 Å². The van der Waals surface area contributed by atoms with E-state index in [1.54, 1.807) is 0 Å². The van der Waals surface area contributed by atoms with E-state index in [0.717, 1.165) is 18.9 Å². The van der Waals surface area contributed by atoms with Crippen molar-refractivity contribution in [2.24, 2.45) is 0 Å². The van der Waals surface area contributed by atoms with Crippen LogP contribution in [0.2, 0.25) is 51.9 Å². The van der Waals surface area contributed by atoms with Crippen molar-refractivity contribution in [1.29, 1.82) is 0 Å². The fourth-order valence-electron chi connectivity index (χ4n) is 3.30. The maximum Gasteiger partial charge on any atom is 0.314 e. The summed E-state index contributed by atoms with van der Waals surface area (Å²) < 4.78 is 17.8. The predicted molar refractivity (Wildman–Crippen MR) is 119 cm³/mol. The molecule has 0 heterocycles. The van der Waals surface area contributed by atoms with Crippen molar-refractivity contribution in [2.75, 3.05) is 7.11 Å². The molecule has 0 aromatic rings. The molecule has 0 saturated heterocycles. The Morgan fingerprint density at radius 1 is 0.654 bits per heavy atom. The third-order valence-corrected chi connectivity index (χ3v) is 13.6. The maximum atomic E-state index is 11.0. The summed E-state index contributed by atoms with van der Waals surface area (Å²) in [6.07, 6.45) is 10.2. The van der Waals surface area contributed by atoms with E-state index in [1.807, 2.05) is 0 Å². The number of hydrogen-bond acceptors (Lipinski definition) is 4. The van der Waals surface area contributed by atoms with Crippen LogP contribution in [0.15, 0.2) is 0 Å². The summed E-state index contributed by atoms with van der Waals surface area (Å²) in [6, 6.07) is 1.13. The first kappa shape index (κ1) is 26.0. The number of unbranched alkanes of at least 4 members (excludes halogenated alkanes) is 7. The molecule has 7 heteroatoms. The summed E-state index contributed by atoms with van der Waals surface area (Å²) in [6.45, 7) is 15.9. The normalized spacial score (nSPS) is 13.1. The predicted octanol–water partition coefficient (Wildman–Crippen LogP) is 6.45. The average Bonchev–Trinajstić information content (AvgIpc) is 2.44. The van der Waals surface area contributed by atoms with Gasteiger partial charge in [0.15, 0.2) is 16.6 Å². The lowest BCUT2D eigenvalue weighted by atomic mass is 10.1. The van der Waals surface area contributed by atoms with Crippen molar-refractivity contribution < 1.29 is 17.8 Å². The zero-order valence-corrected chi connectivity index (χ0v) is 21.7. The molecule has 0 unspecified atom stereocenters. The molecule has 0 aliphatic rings. The van der Waals surface area contributed by atoms with Gasteiger partial charge in [-0.25, -0.2) is 0 Å². The van der Waals surface area contributed by atoms with Crippen LogP contribution in [0.25, 0.3) is 0 Å². The largest absolute Gasteiger partial charge is 0.469 e. The van der Waals surface area contributed by atoms with Gasteiger partial charge in [0.25, 0.3) is 0 Å². The fraction of sp³-hybridized carbons (Fsp3) is 0.947. The second kappa shape index (κ2) is 12.5. The second-order valence-corrected chi connectivity index (χ2v) is 22.3. The summed E-state index contributed by atoms with van der Waals surface area (Å²) in [5, 5.41) is 0. The highest BCUT2D eigenvalue weighted by atomic mass is 28.5. The molecule has 0 aliphatic carbocycles. The molecule has 0 aromatic heterocycles. The van der Waals surface area contributed by atoms with Crippen LogP contribution in [0, 0.1) is 0 Å². The highest BCUT2D eigenvalue weighted by Crippen LogP contribution is 2.26. The van der Waals surface area contributed by atoms with Crippen molar-refractivity contribution >= 4 is 31.2 Å². The highest BCUT2D eigenvalue weighted by molar-refractivity contribution is 6.87. The molecule has 0 spiro atoms. The Kier molecular flexibility index (Phi) is 12.5. The van der Waals surface area contributed by atoms with Crippen LogP contribution < -0.4 is 0 Å². The van der Waals surface area contributed by atoms with E-state index in [0.29, 0.717) is 6.42 Å². The first-order valence-electron chi connectivity index (χ1n) is 10.3. The molecule has 0 aromatic carbocycles. The Morgan fingerprint density at radius 2 is 1.04 bits per heavy atom. The highest BCUT2D eigenvalue weighted by Gasteiger charge is 2.39. The summed E-state index contributed by atoms with van der Waals surface area (Å²) in [5.74, 6) is -0.0849. The molecule has 0 bridgehead atoms. The van der Waals surface area contributed by atoms with E-state index < -0.39 is 25.2 Å². The monoisotopic (exact) mass is 420 g/mol. The number of carbonyl (C=O) groups excluding carboxylic acids is 1.